The van der Waals surface area contributed by atoms with Gasteiger partial charge < -0.3 is 14.6 Å². The molecule has 6 nitrogen and oxygen atoms in total. The molecule has 7 heteroatoms. The summed E-state index contributed by atoms with van der Waals surface area (Å²) >= 11 is 0. The van der Waals surface area contributed by atoms with Gasteiger partial charge in [-0.15, -0.1) is 0 Å². The van der Waals surface area contributed by atoms with Crippen LogP contribution in [0.2, 0.25) is 0 Å². The van der Waals surface area contributed by atoms with Crippen LogP contribution in [0.25, 0.3) is 5.57 Å². The van der Waals surface area contributed by atoms with Gasteiger partial charge in [-0.05, 0) is 31.9 Å². The van der Waals surface area contributed by atoms with Crippen LogP contribution in [0.5, 0.6) is 5.75 Å². The van der Waals surface area contributed by atoms with Crippen LogP contribution >= 0.6 is 7.14 Å². The van der Waals surface area contributed by atoms with Gasteiger partial charge in [-0.2, -0.15) is 5.26 Å². The van der Waals surface area contributed by atoms with Crippen molar-refractivity contribution in [2.45, 2.75) is 38.6 Å². The van der Waals surface area contributed by atoms with Crippen molar-refractivity contribution < 1.29 is 9.30 Å². The molecule has 172 valence electrons. The molecule has 2 fully saturated rings. The Labute approximate surface area is 196 Å². The van der Waals surface area contributed by atoms with Gasteiger partial charge in [-0.25, -0.2) is 0 Å². The Bertz CT molecular complexity index is 1180. The molecule has 3 aliphatic rings. The van der Waals surface area contributed by atoms with Crippen molar-refractivity contribution in [1.29, 1.82) is 5.26 Å². The molecule has 2 aliphatic carbocycles. The van der Waals surface area contributed by atoms with E-state index in [9.17, 15) is 9.83 Å². The van der Waals surface area contributed by atoms with Gasteiger partial charge in [-0.1, -0.05) is 18.2 Å². The van der Waals surface area contributed by atoms with E-state index in [1.54, 1.807) is 7.11 Å². The number of hydrogen-bond acceptors (Lipinski definition) is 6. The summed E-state index contributed by atoms with van der Waals surface area (Å²) in [5.41, 5.74) is 5.51. The predicted molar refractivity (Wildman–Crippen MR) is 133 cm³/mol. The van der Waals surface area contributed by atoms with Crippen molar-refractivity contribution >= 4 is 23.7 Å². The van der Waals surface area contributed by atoms with Crippen molar-refractivity contribution in [2.24, 2.45) is 0 Å². The topological polar surface area (TPSA) is 78.2 Å². The minimum absolute atomic E-state index is 0.622. The van der Waals surface area contributed by atoms with E-state index < -0.39 is 7.14 Å². The van der Waals surface area contributed by atoms with E-state index in [1.807, 2.05) is 24.3 Å². The van der Waals surface area contributed by atoms with E-state index in [1.165, 1.54) is 12.8 Å². The highest BCUT2D eigenvalue weighted by atomic mass is 31.2. The number of nitrogens with one attached hydrogen (secondary N) is 1. The highest BCUT2D eigenvalue weighted by Gasteiger charge is 2.37. The molecular weight excluding hydrogens is 431 g/mol. The number of nitriles is 1. The lowest BCUT2D eigenvalue weighted by molar-refractivity contribution is 0.285. The summed E-state index contributed by atoms with van der Waals surface area (Å²) in [7, 11) is -0.703. The molecule has 1 aliphatic heterocycles. The fourth-order valence-corrected chi connectivity index (χ4v) is 7.72. The first kappa shape index (κ1) is 22.2. The van der Waals surface area contributed by atoms with Crippen LogP contribution in [0.3, 0.4) is 0 Å². The number of anilines is 1. The van der Waals surface area contributed by atoms with E-state index in [-0.39, 0.29) is 0 Å². The van der Waals surface area contributed by atoms with Gasteiger partial charge in [0.15, 0.2) is 0 Å². The first-order valence-electron chi connectivity index (χ1n) is 11.9. The van der Waals surface area contributed by atoms with E-state index >= 15 is 0 Å². The zero-order valence-corrected chi connectivity index (χ0v) is 20.3. The highest BCUT2D eigenvalue weighted by Crippen LogP contribution is 2.48. The van der Waals surface area contributed by atoms with Crippen molar-refractivity contribution in [3.63, 3.8) is 0 Å². The quantitative estimate of drug-likeness (QED) is 0.626. The number of fused-ring (bicyclic) bond motifs is 1. The smallest absolute Gasteiger partial charge is 0.123 e. The minimum Gasteiger partial charge on any atom is -0.496 e. The number of aromatic nitrogens is 1. The number of ether oxygens (including phenoxy) is 1. The Morgan fingerprint density at radius 3 is 2.73 bits per heavy atom. The summed E-state index contributed by atoms with van der Waals surface area (Å²) in [6.45, 7) is 4.71. The molecule has 0 atom stereocenters. The molecule has 0 bridgehead atoms. The van der Waals surface area contributed by atoms with Crippen LogP contribution in [0.1, 0.15) is 42.3 Å². The summed E-state index contributed by atoms with van der Waals surface area (Å²) in [5, 5.41) is 13.8. The number of rotatable bonds is 7. The lowest BCUT2D eigenvalue weighted by atomic mass is 10.0. The van der Waals surface area contributed by atoms with Crippen LogP contribution in [0, 0.1) is 11.3 Å². The number of methoxy groups -OCH3 is 1. The summed E-state index contributed by atoms with van der Waals surface area (Å²) in [5.74, 6) is 0.774. The molecule has 0 unspecified atom stereocenters. The first-order chi connectivity index (χ1) is 16.0. The van der Waals surface area contributed by atoms with Crippen LogP contribution in [0.4, 0.5) is 5.69 Å². The largest absolute Gasteiger partial charge is 0.496 e. The molecule has 2 heterocycles. The molecule has 2 aromatic rings. The second-order valence-electron chi connectivity index (χ2n) is 9.22. The second kappa shape index (κ2) is 8.97. The van der Waals surface area contributed by atoms with Crippen LogP contribution < -0.4 is 15.4 Å². The van der Waals surface area contributed by atoms with E-state index in [2.05, 4.69) is 29.3 Å². The zero-order chi connectivity index (χ0) is 23.0. The molecule has 1 aromatic heterocycles. The number of benzene rings is 1. The third-order valence-electron chi connectivity index (χ3n) is 7.08. The van der Waals surface area contributed by atoms with Gasteiger partial charge in [-0.3, -0.25) is 9.88 Å². The summed E-state index contributed by atoms with van der Waals surface area (Å²) in [6, 6.07) is 11.2. The number of hydrogen-bond donors (Lipinski definition) is 1. The van der Waals surface area contributed by atoms with Crippen molar-refractivity contribution in [2.75, 3.05) is 44.4 Å². The summed E-state index contributed by atoms with van der Waals surface area (Å²) < 4.78 is 19.5. The molecule has 33 heavy (non-hydrogen) atoms. The molecule has 0 amide bonds. The first-order valence-corrected chi connectivity index (χ1v) is 14.0. The lowest BCUT2D eigenvalue weighted by Gasteiger charge is -2.32. The number of pyridine rings is 1. The third-order valence-corrected chi connectivity index (χ3v) is 10.1. The maximum atomic E-state index is 13.7. The molecule has 1 aromatic carbocycles. The van der Waals surface area contributed by atoms with Crippen molar-refractivity contribution in [1.82, 2.24) is 9.88 Å². The van der Waals surface area contributed by atoms with Crippen molar-refractivity contribution in [3.05, 3.63) is 52.9 Å². The number of allylic oxidation sites excluding steroid dienone is 2. The molecule has 0 radical (unpaired) electrons. The predicted octanol–water partition coefficient (Wildman–Crippen LogP) is 4.04. The van der Waals surface area contributed by atoms with Crippen LogP contribution in [-0.2, 0) is 17.4 Å². The Kier molecular flexibility index (Phi) is 6.03. The highest BCUT2D eigenvalue weighted by molar-refractivity contribution is 7.71. The van der Waals surface area contributed by atoms with E-state index in [0.717, 1.165) is 77.3 Å². The van der Waals surface area contributed by atoms with Gasteiger partial charge in [0.05, 0.1) is 24.4 Å². The zero-order valence-electron chi connectivity index (χ0n) is 19.4. The minimum atomic E-state index is -2.38. The Balaban J connectivity index is 1.39. The van der Waals surface area contributed by atoms with Gasteiger partial charge in [0.2, 0.25) is 0 Å². The fourth-order valence-electron chi connectivity index (χ4n) is 5.12. The Morgan fingerprint density at radius 2 is 2.06 bits per heavy atom. The monoisotopic (exact) mass is 462 g/mol. The summed E-state index contributed by atoms with van der Waals surface area (Å²) in [6.07, 6.45) is 7.37. The van der Waals surface area contributed by atoms with Crippen molar-refractivity contribution in [3.8, 4) is 11.8 Å². The molecular formula is C26H31N4O2P. The molecule has 5 rings (SSSR count). The van der Waals surface area contributed by atoms with E-state index in [0.29, 0.717) is 18.4 Å². The maximum absolute atomic E-state index is 13.7. The molecule has 1 N–H and O–H groups in total. The Hall–Kier alpha value is -2.61. The average molecular weight is 463 g/mol. The van der Waals surface area contributed by atoms with Gasteiger partial charge in [0, 0.05) is 78.7 Å². The SMILES string of the molecule is CCNc1cc(Cc2ccc(P3(=O)CCN(C4CC4)CC3)cc2OC)nc2c1C(C#N)=CC2. The molecule has 1 saturated heterocycles. The maximum Gasteiger partial charge on any atom is 0.123 e. The standard InChI is InChI=1S/C26H31N4O2P/c1-3-28-24-15-20(29-23-9-5-19(17-27)26(23)24)14-18-4-8-22(16-25(18)32-2)33(31)12-10-30(11-13-33)21-6-7-21/h4-5,8,15-16,21H,3,6-7,9-14H2,1-2H3,(H,28,29). The molecule has 1 saturated carbocycles. The molecule has 0 spiro atoms. The van der Waals surface area contributed by atoms with E-state index in [4.69, 9.17) is 9.72 Å². The average Bonchev–Trinajstić information content (AvgIpc) is 3.59. The van der Waals surface area contributed by atoms with Gasteiger partial charge in [0.1, 0.15) is 12.9 Å². The van der Waals surface area contributed by atoms with Gasteiger partial charge >= 0.3 is 0 Å². The Morgan fingerprint density at radius 1 is 1.27 bits per heavy atom. The normalized spacial score (nSPS) is 19.5. The number of nitrogens with zero attached hydrogens (tertiary/aromatic N) is 3. The third kappa shape index (κ3) is 4.33. The fraction of sp³-hybridized carbons (Fsp3) is 0.462. The lowest BCUT2D eigenvalue weighted by Crippen LogP contribution is -2.38. The van der Waals surface area contributed by atoms with Crippen LogP contribution in [-0.4, -0.2) is 55.0 Å². The van der Waals surface area contributed by atoms with Gasteiger partial charge in [0.25, 0.3) is 0 Å². The van der Waals surface area contributed by atoms with Crippen LogP contribution in [0.15, 0.2) is 30.3 Å². The summed E-state index contributed by atoms with van der Waals surface area (Å²) in [4.78, 5) is 7.37. The second-order valence-corrected chi connectivity index (χ2v) is 12.4.